The molecule has 1 fully saturated rings. The van der Waals surface area contributed by atoms with E-state index in [9.17, 15) is 0 Å². The summed E-state index contributed by atoms with van der Waals surface area (Å²) in [7, 11) is 0. The first-order valence-electron chi connectivity index (χ1n) is 5.65. The summed E-state index contributed by atoms with van der Waals surface area (Å²) >= 11 is 0. The van der Waals surface area contributed by atoms with Crippen LogP contribution < -0.4 is 11.5 Å². The molecule has 1 saturated heterocycles. The van der Waals surface area contributed by atoms with Crippen molar-refractivity contribution < 1.29 is 9.84 Å². The number of aliphatic hydroxyl groups excluding tert-OH is 1. The minimum Gasteiger partial charge on any atom is -0.394 e. The molecule has 1 aliphatic heterocycles. The molecule has 5 N–H and O–H groups in total. The van der Waals surface area contributed by atoms with Gasteiger partial charge in [0.2, 0.25) is 0 Å². The molecule has 0 bridgehead atoms. The molecule has 8 nitrogen and oxygen atoms in total. The number of anilines is 1. The van der Waals surface area contributed by atoms with Gasteiger partial charge in [-0.05, 0) is 0 Å². The number of aromatic nitrogens is 4. The minimum atomic E-state index is -0.258. The first-order chi connectivity index (χ1) is 8.76. The topological polar surface area (TPSA) is 125 Å². The van der Waals surface area contributed by atoms with Crippen LogP contribution in [0.5, 0.6) is 0 Å². The SMILES string of the molecule is NCC1C(CO)OC1n1cnc2c(N)ncnc21. The number of hydrogen-bond donors (Lipinski definition) is 3. The molecular formula is C10H14N6O2. The average molecular weight is 250 g/mol. The van der Waals surface area contributed by atoms with E-state index in [4.69, 9.17) is 21.3 Å². The highest BCUT2D eigenvalue weighted by molar-refractivity contribution is 5.81. The van der Waals surface area contributed by atoms with Gasteiger partial charge in [-0.3, -0.25) is 4.57 Å². The molecule has 0 amide bonds. The number of rotatable bonds is 3. The zero-order valence-electron chi connectivity index (χ0n) is 9.60. The number of fused-ring (bicyclic) bond motifs is 1. The third-order valence-electron chi connectivity index (χ3n) is 3.27. The number of imidazole rings is 1. The maximum absolute atomic E-state index is 9.11. The number of aliphatic hydroxyl groups is 1. The molecular weight excluding hydrogens is 236 g/mol. The van der Waals surface area contributed by atoms with Crippen LogP contribution in [-0.2, 0) is 4.74 Å². The lowest BCUT2D eigenvalue weighted by molar-refractivity contribution is -0.230. The lowest BCUT2D eigenvalue weighted by atomic mass is 9.94. The van der Waals surface area contributed by atoms with Crippen molar-refractivity contribution in [2.75, 3.05) is 18.9 Å². The van der Waals surface area contributed by atoms with Gasteiger partial charge in [-0.1, -0.05) is 0 Å². The second kappa shape index (κ2) is 4.16. The second-order valence-corrected chi connectivity index (χ2v) is 4.23. The van der Waals surface area contributed by atoms with Crippen LogP contribution >= 0.6 is 0 Å². The molecule has 3 heterocycles. The molecule has 96 valence electrons. The van der Waals surface area contributed by atoms with E-state index < -0.39 is 0 Å². The van der Waals surface area contributed by atoms with E-state index in [0.29, 0.717) is 23.5 Å². The fourth-order valence-corrected chi connectivity index (χ4v) is 2.25. The van der Waals surface area contributed by atoms with Gasteiger partial charge in [0, 0.05) is 12.5 Å². The zero-order chi connectivity index (χ0) is 12.7. The van der Waals surface area contributed by atoms with Crippen LogP contribution in [-0.4, -0.2) is 43.9 Å². The Labute approximate surface area is 103 Å². The molecule has 0 aromatic carbocycles. The van der Waals surface area contributed by atoms with Gasteiger partial charge in [-0.15, -0.1) is 0 Å². The van der Waals surface area contributed by atoms with Gasteiger partial charge in [0.1, 0.15) is 18.1 Å². The van der Waals surface area contributed by atoms with Crippen molar-refractivity contribution in [2.24, 2.45) is 11.7 Å². The summed E-state index contributed by atoms with van der Waals surface area (Å²) < 4.78 is 7.35. The molecule has 8 heteroatoms. The van der Waals surface area contributed by atoms with Crippen molar-refractivity contribution >= 4 is 17.0 Å². The van der Waals surface area contributed by atoms with Crippen molar-refractivity contribution in [3.05, 3.63) is 12.7 Å². The van der Waals surface area contributed by atoms with Gasteiger partial charge in [-0.2, -0.15) is 0 Å². The Bertz CT molecular complexity index is 570. The molecule has 3 atom stereocenters. The second-order valence-electron chi connectivity index (χ2n) is 4.23. The summed E-state index contributed by atoms with van der Waals surface area (Å²) in [6.45, 7) is 0.387. The fourth-order valence-electron chi connectivity index (χ4n) is 2.25. The van der Waals surface area contributed by atoms with Crippen LogP contribution in [0.4, 0.5) is 5.82 Å². The zero-order valence-corrected chi connectivity index (χ0v) is 9.60. The highest BCUT2D eigenvalue weighted by Gasteiger charge is 2.42. The quantitative estimate of drug-likeness (QED) is 0.629. The standard InChI is InChI=1S/C10H14N6O2/c11-1-5-6(2-17)18-10(5)16-4-15-7-8(12)13-3-14-9(7)16/h3-6,10,17H,1-2,11H2,(H2,12,13,14). The summed E-state index contributed by atoms with van der Waals surface area (Å²) in [4.78, 5) is 12.2. The van der Waals surface area contributed by atoms with Gasteiger partial charge >= 0.3 is 0 Å². The number of nitrogen functional groups attached to an aromatic ring is 1. The highest BCUT2D eigenvalue weighted by atomic mass is 16.5. The summed E-state index contributed by atoms with van der Waals surface area (Å²) in [5.41, 5.74) is 12.6. The maximum Gasteiger partial charge on any atom is 0.167 e. The first kappa shape index (κ1) is 11.3. The lowest BCUT2D eigenvalue weighted by Gasteiger charge is -2.43. The van der Waals surface area contributed by atoms with Gasteiger partial charge in [-0.25, -0.2) is 15.0 Å². The molecule has 0 saturated carbocycles. The smallest absolute Gasteiger partial charge is 0.167 e. The van der Waals surface area contributed by atoms with Gasteiger partial charge in [0.05, 0.1) is 19.0 Å². The normalized spacial score (nSPS) is 27.3. The number of ether oxygens (including phenoxy) is 1. The largest absolute Gasteiger partial charge is 0.394 e. The monoisotopic (exact) mass is 250 g/mol. The predicted molar refractivity (Wildman–Crippen MR) is 63.3 cm³/mol. The molecule has 0 spiro atoms. The van der Waals surface area contributed by atoms with Gasteiger partial charge in [0.25, 0.3) is 0 Å². The highest BCUT2D eigenvalue weighted by Crippen LogP contribution is 2.37. The molecule has 0 aliphatic carbocycles. The van der Waals surface area contributed by atoms with E-state index in [1.54, 1.807) is 10.9 Å². The Kier molecular flexibility index (Phi) is 2.62. The van der Waals surface area contributed by atoms with Crippen molar-refractivity contribution in [1.29, 1.82) is 0 Å². The summed E-state index contributed by atoms with van der Waals surface area (Å²) in [6.07, 6.45) is 2.51. The predicted octanol–water partition coefficient (Wildman–Crippen LogP) is -1.13. The van der Waals surface area contributed by atoms with E-state index in [0.717, 1.165) is 0 Å². The van der Waals surface area contributed by atoms with Crippen LogP contribution in [0.2, 0.25) is 0 Å². The summed E-state index contributed by atoms with van der Waals surface area (Å²) in [6, 6.07) is 0. The van der Waals surface area contributed by atoms with E-state index in [-0.39, 0.29) is 24.9 Å². The number of nitrogens with zero attached hydrogens (tertiary/aromatic N) is 4. The van der Waals surface area contributed by atoms with Crippen LogP contribution in [0, 0.1) is 5.92 Å². The minimum absolute atomic E-state index is 0.0396. The van der Waals surface area contributed by atoms with E-state index >= 15 is 0 Å². The van der Waals surface area contributed by atoms with Crippen molar-refractivity contribution in [2.45, 2.75) is 12.3 Å². The molecule has 2 aromatic heterocycles. The van der Waals surface area contributed by atoms with E-state index in [1.807, 2.05) is 0 Å². The molecule has 1 aliphatic rings. The maximum atomic E-state index is 9.11. The Balaban J connectivity index is 1.99. The molecule has 3 unspecified atom stereocenters. The first-order valence-corrected chi connectivity index (χ1v) is 5.65. The Morgan fingerprint density at radius 1 is 1.39 bits per heavy atom. The molecule has 2 aromatic rings. The molecule has 3 rings (SSSR count). The van der Waals surface area contributed by atoms with E-state index in [1.165, 1.54) is 6.33 Å². The lowest BCUT2D eigenvalue weighted by Crippen LogP contribution is -2.51. The van der Waals surface area contributed by atoms with Gasteiger partial charge < -0.3 is 21.3 Å². The van der Waals surface area contributed by atoms with Crippen LogP contribution in [0.15, 0.2) is 12.7 Å². The molecule has 0 radical (unpaired) electrons. The van der Waals surface area contributed by atoms with E-state index in [2.05, 4.69) is 15.0 Å². The fraction of sp³-hybridized carbons (Fsp3) is 0.500. The number of nitrogens with two attached hydrogens (primary N) is 2. The van der Waals surface area contributed by atoms with Gasteiger partial charge in [0.15, 0.2) is 11.5 Å². The Morgan fingerprint density at radius 3 is 2.94 bits per heavy atom. The Hall–Kier alpha value is -1.77. The summed E-state index contributed by atoms with van der Waals surface area (Å²) in [5, 5.41) is 9.11. The van der Waals surface area contributed by atoms with Crippen molar-refractivity contribution in [3.63, 3.8) is 0 Å². The average Bonchev–Trinajstić information content (AvgIpc) is 2.75. The Morgan fingerprint density at radius 2 is 2.22 bits per heavy atom. The van der Waals surface area contributed by atoms with Crippen molar-refractivity contribution in [3.8, 4) is 0 Å². The molecule has 18 heavy (non-hydrogen) atoms. The third-order valence-corrected chi connectivity index (χ3v) is 3.27. The summed E-state index contributed by atoms with van der Waals surface area (Å²) in [5.74, 6) is 0.379. The van der Waals surface area contributed by atoms with Crippen LogP contribution in [0.1, 0.15) is 6.23 Å². The third kappa shape index (κ3) is 1.47. The van der Waals surface area contributed by atoms with Crippen LogP contribution in [0.25, 0.3) is 11.2 Å². The number of hydrogen-bond acceptors (Lipinski definition) is 7. The van der Waals surface area contributed by atoms with Crippen LogP contribution in [0.3, 0.4) is 0 Å². The van der Waals surface area contributed by atoms with Crippen molar-refractivity contribution in [1.82, 2.24) is 19.5 Å².